The lowest BCUT2D eigenvalue weighted by atomic mass is 10.1. The molecule has 1 atom stereocenters. The lowest BCUT2D eigenvalue weighted by Crippen LogP contribution is -2.28. The van der Waals surface area contributed by atoms with E-state index in [0.29, 0.717) is 0 Å². The van der Waals surface area contributed by atoms with Gasteiger partial charge in [0.25, 0.3) is 0 Å². The maximum Gasteiger partial charge on any atom is 0.0616 e. The summed E-state index contributed by atoms with van der Waals surface area (Å²) in [5.41, 5.74) is 2.82. The van der Waals surface area contributed by atoms with Gasteiger partial charge in [0, 0.05) is 26.0 Å². The monoisotopic (exact) mass is 336 g/mol. The van der Waals surface area contributed by atoms with Gasteiger partial charge in [0.15, 0.2) is 0 Å². The number of nitrogens with two attached hydrogens (primary N) is 1. The SMILES string of the molecule is NNC(Cc1cc(Br)cs1)c1sccc1Cl. The standard InChI is InChI=1S/C10H10BrClN2S2/c11-6-3-7(16-5-6)4-9(14-13)10-8(12)1-2-15-10/h1-3,5,9,14H,4,13H2. The van der Waals surface area contributed by atoms with Crippen molar-refractivity contribution in [3.63, 3.8) is 0 Å². The lowest BCUT2D eigenvalue weighted by Gasteiger charge is -2.13. The minimum absolute atomic E-state index is 0.0815. The fourth-order valence-corrected chi connectivity index (χ4v) is 4.19. The van der Waals surface area contributed by atoms with Gasteiger partial charge in [0.1, 0.15) is 0 Å². The molecule has 3 N–H and O–H groups in total. The molecule has 0 bridgehead atoms. The largest absolute Gasteiger partial charge is 0.271 e. The Balaban J connectivity index is 2.15. The summed E-state index contributed by atoms with van der Waals surface area (Å²) in [6.45, 7) is 0. The molecule has 86 valence electrons. The van der Waals surface area contributed by atoms with Crippen LogP contribution in [0.25, 0.3) is 0 Å². The molecule has 0 spiro atoms. The van der Waals surface area contributed by atoms with Crippen LogP contribution in [0.2, 0.25) is 5.02 Å². The number of hydrogen-bond donors (Lipinski definition) is 2. The zero-order valence-electron chi connectivity index (χ0n) is 8.24. The summed E-state index contributed by atoms with van der Waals surface area (Å²) in [7, 11) is 0. The number of thiophene rings is 2. The second kappa shape index (κ2) is 5.62. The highest BCUT2D eigenvalue weighted by Crippen LogP contribution is 2.32. The summed E-state index contributed by atoms with van der Waals surface area (Å²) in [5.74, 6) is 5.58. The van der Waals surface area contributed by atoms with Crippen LogP contribution in [0.3, 0.4) is 0 Å². The Kier molecular flexibility index (Phi) is 4.41. The van der Waals surface area contributed by atoms with Crippen molar-refractivity contribution in [2.24, 2.45) is 5.84 Å². The summed E-state index contributed by atoms with van der Waals surface area (Å²) in [6, 6.07) is 4.09. The highest BCUT2D eigenvalue weighted by atomic mass is 79.9. The molecule has 2 nitrogen and oxygen atoms in total. The normalized spacial score (nSPS) is 12.9. The summed E-state index contributed by atoms with van der Waals surface area (Å²) >= 11 is 12.9. The van der Waals surface area contributed by atoms with Gasteiger partial charge in [-0.15, -0.1) is 22.7 Å². The Hall–Kier alpha value is 0.0900. The average Bonchev–Trinajstić information content (AvgIpc) is 2.84. The van der Waals surface area contributed by atoms with E-state index >= 15 is 0 Å². The number of rotatable bonds is 4. The van der Waals surface area contributed by atoms with Crippen LogP contribution in [0, 0.1) is 0 Å². The number of halogens is 2. The first-order valence-corrected chi connectivity index (χ1v) is 7.55. The smallest absolute Gasteiger partial charge is 0.0616 e. The van der Waals surface area contributed by atoms with Crippen LogP contribution in [-0.2, 0) is 6.42 Å². The number of hydrazine groups is 1. The topological polar surface area (TPSA) is 38.0 Å². The fraction of sp³-hybridized carbons (Fsp3) is 0.200. The van der Waals surface area contributed by atoms with Crippen LogP contribution >= 0.6 is 50.2 Å². The van der Waals surface area contributed by atoms with E-state index in [9.17, 15) is 0 Å². The van der Waals surface area contributed by atoms with Gasteiger partial charge < -0.3 is 0 Å². The van der Waals surface area contributed by atoms with E-state index in [0.717, 1.165) is 20.8 Å². The maximum absolute atomic E-state index is 6.09. The van der Waals surface area contributed by atoms with E-state index in [-0.39, 0.29) is 6.04 Å². The molecule has 0 fully saturated rings. The van der Waals surface area contributed by atoms with Crippen molar-refractivity contribution >= 4 is 50.2 Å². The molecule has 1 unspecified atom stereocenters. The second-order valence-electron chi connectivity index (χ2n) is 3.29. The van der Waals surface area contributed by atoms with Crippen LogP contribution in [0.1, 0.15) is 15.8 Å². The Morgan fingerprint density at radius 1 is 1.50 bits per heavy atom. The highest BCUT2D eigenvalue weighted by Gasteiger charge is 2.16. The maximum atomic E-state index is 6.09. The predicted octanol–water partition coefficient (Wildman–Crippen LogP) is 3.97. The Morgan fingerprint density at radius 3 is 2.81 bits per heavy atom. The van der Waals surface area contributed by atoms with Gasteiger partial charge in [0.05, 0.1) is 11.1 Å². The molecule has 2 rings (SSSR count). The van der Waals surface area contributed by atoms with Crippen LogP contribution in [0.15, 0.2) is 27.4 Å². The molecule has 2 heterocycles. The summed E-state index contributed by atoms with van der Waals surface area (Å²) in [5, 5.41) is 4.83. The third kappa shape index (κ3) is 2.85. The Labute approximate surface area is 116 Å². The van der Waals surface area contributed by atoms with Gasteiger partial charge in [-0.1, -0.05) is 11.6 Å². The van der Waals surface area contributed by atoms with Crippen molar-refractivity contribution in [1.29, 1.82) is 0 Å². The third-order valence-corrected chi connectivity index (χ3v) is 5.38. The van der Waals surface area contributed by atoms with Crippen molar-refractivity contribution in [3.8, 4) is 0 Å². The van der Waals surface area contributed by atoms with E-state index in [1.807, 2.05) is 11.4 Å². The molecule has 0 aliphatic heterocycles. The van der Waals surface area contributed by atoms with Crippen LogP contribution in [-0.4, -0.2) is 0 Å². The quantitative estimate of drug-likeness (QED) is 0.654. The zero-order valence-corrected chi connectivity index (χ0v) is 12.2. The highest BCUT2D eigenvalue weighted by molar-refractivity contribution is 9.10. The van der Waals surface area contributed by atoms with Crippen molar-refractivity contribution in [1.82, 2.24) is 5.43 Å². The van der Waals surface area contributed by atoms with E-state index < -0.39 is 0 Å². The van der Waals surface area contributed by atoms with E-state index in [4.69, 9.17) is 17.4 Å². The molecular formula is C10H10BrClN2S2. The summed E-state index contributed by atoms with van der Waals surface area (Å²) < 4.78 is 1.11. The number of nitrogens with one attached hydrogen (secondary N) is 1. The average molecular weight is 338 g/mol. The van der Waals surface area contributed by atoms with Crippen molar-refractivity contribution in [3.05, 3.63) is 42.1 Å². The van der Waals surface area contributed by atoms with Crippen LogP contribution in [0.5, 0.6) is 0 Å². The van der Waals surface area contributed by atoms with Gasteiger partial charge in [-0.05, 0) is 33.4 Å². The van der Waals surface area contributed by atoms with Crippen molar-refractivity contribution in [2.75, 3.05) is 0 Å². The first-order chi connectivity index (χ1) is 7.70. The molecule has 0 saturated carbocycles. The summed E-state index contributed by atoms with van der Waals surface area (Å²) in [4.78, 5) is 2.37. The lowest BCUT2D eigenvalue weighted by molar-refractivity contribution is 0.564. The fourth-order valence-electron chi connectivity index (χ4n) is 1.44. The molecular weight excluding hydrogens is 328 g/mol. The van der Waals surface area contributed by atoms with E-state index in [1.165, 1.54) is 4.88 Å². The minimum Gasteiger partial charge on any atom is -0.271 e. The van der Waals surface area contributed by atoms with Gasteiger partial charge in [0.2, 0.25) is 0 Å². The summed E-state index contributed by atoms with van der Waals surface area (Å²) in [6.07, 6.45) is 0.854. The molecule has 0 radical (unpaired) electrons. The van der Waals surface area contributed by atoms with Gasteiger partial charge in [-0.25, -0.2) is 0 Å². The van der Waals surface area contributed by atoms with Crippen LogP contribution < -0.4 is 11.3 Å². The molecule has 0 aromatic carbocycles. The Bertz CT molecular complexity index is 469. The number of hydrogen-bond acceptors (Lipinski definition) is 4. The minimum atomic E-state index is 0.0815. The van der Waals surface area contributed by atoms with Gasteiger partial charge in [-0.3, -0.25) is 11.3 Å². The molecule has 16 heavy (non-hydrogen) atoms. The van der Waals surface area contributed by atoms with E-state index in [1.54, 1.807) is 22.7 Å². The van der Waals surface area contributed by atoms with Gasteiger partial charge >= 0.3 is 0 Å². The van der Waals surface area contributed by atoms with Gasteiger partial charge in [-0.2, -0.15) is 0 Å². The molecule has 0 amide bonds. The molecule has 0 saturated heterocycles. The zero-order chi connectivity index (χ0) is 11.5. The molecule has 2 aromatic rings. The molecule has 0 aliphatic rings. The first-order valence-electron chi connectivity index (χ1n) is 4.62. The van der Waals surface area contributed by atoms with Crippen molar-refractivity contribution < 1.29 is 0 Å². The van der Waals surface area contributed by atoms with E-state index in [2.05, 4.69) is 32.8 Å². The van der Waals surface area contributed by atoms with Crippen molar-refractivity contribution in [2.45, 2.75) is 12.5 Å². The Morgan fingerprint density at radius 2 is 2.31 bits per heavy atom. The third-order valence-electron chi connectivity index (χ3n) is 2.19. The molecule has 0 aliphatic carbocycles. The second-order valence-corrected chi connectivity index (χ2v) is 6.55. The molecule has 2 aromatic heterocycles. The molecule has 6 heteroatoms. The predicted molar refractivity (Wildman–Crippen MR) is 75.1 cm³/mol. The van der Waals surface area contributed by atoms with Crippen LogP contribution in [0.4, 0.5) is 0 Å². The first kappa shape index (κ1) is 12.5.